The third kappa shape index (κ3) is 3.78. The molecule has 0 radical (unpaired) electrons. The fourth-order valence-electron chi connectivity index (χ4n) is 1.96. The Morgan fingerprint density at radius 1 is 1.38 bits per heavy atom. The third-order valence-electron chi connectivity index (χ3n) is 3.31. The molecule has 2 aromatic rings. The number of anilines is 1. The van der Waals surface area contributed by atoms with Gasteiger partial charge < -0.3 is 14.9 Å². The van der Waals surface area contributed by atoms with E-state index in [0.29, 0.717) is 0 Å². The second-order valence-corrected chi connectivity index (χ2v) is 5.65. The Morgan fingerprint density at radius 2 is 2.08 bits per heavy atom. The number of fused-ring (bicyclic) bond motifs is 1. The van der Waals surface area contributed by atoms with Gasteiger partial charge in [-0.25, -0.2) is 4.98 Å². The summed E-state index contributed by atoms with van der Waals surface area (Å²) >= 11 is 0. The first kappa shape index (κ1) is 18.0. The summed E-state index contributed by atoms with van der Waals surface area (Å²) < 4.78 is 6.86. The molecule has 2 rings (SSSR count). The maximum atomic E-state index is 12.1. The van der Waals surface area contributed by atoms with Crippen molar-refractivity contribution < 1.29 is 19.7 Å². The summed E-state index contributed by atoms with van der Waals surface area (Å²) in [7, 11) is 0. The van der Waals surface area contributed by atoms with Crippen LogP contribution in [-0.4, -0.2) is 55.0 Å². The highest BCUT2D eigenvalue weighted by atomic mass is 16.5. The average molecular weight is 339 g/mol. The van der Waals surface area contributed by atoms with Crippen LogP contribution in [0.2, 0.25) is 0 Å². The Morgan fingerprint density at radius 3 is 2.67 bits per heavy atom. The normalized spacial score (nSPS) is 14.1. The number of rotatable bonds is 7. The number of hydrogen-bond donors (Lipinski definition) is 4. The molecule has 4 N–H and O–H groups in total. The zero-order chi connectivity index (χ0) is 17.9. The Balaban J connectivity index is 2.43. The molecule has 0 aliphatic heterocycles. The number of aliphatic hydroxyl groups is 2. The molecule has 10 nitrogen and oxygen atoms in total. The summed E-state index contributed by atoms with van der Waals surface area (Å²) in [6.45, 7) is 4.42. The number of imidazole rings is 1. The average Bonchev–Trinajstić information content (AvgIpc) is 2.96. The molecular formula is C14H21N5O5. The number of aromatic amines is 1. The monoisotopic (exact) mass is 339 g/mol. The molecule has 2 heterocycles. The van der Waals surface area contributed by atoms with Crippen LogP contribution in [0.25, 0.3) is 11.2 Å². The Bertz CT molecular complexity index is 768. The Hall–Kier alpha value is -2.30. The second-order valence-electron chi connectivity index (χ2n) is 5.65. The van der Waals surface area contributed by atoms with Crippen molar-refractivity contribution in [3.63, 3.8) is 0 Å². The highest BCUT2D eigenvalue weighted by Crippen LogP contribution is 2.17. The van der Waals surface area contributed by atoms with E-state index in [2.05, 4.69) is 20.3 Å². The van der Waals surface area contributed by atoms with Crippen molar-refractivity contribution >= 4 is 23.0 Å². The Kier molecular flexibility index (Phi) is 5.65. The highest BCUT2D eigenvalue weighted by molar-refractivity contribution is 5.91. The van der Waals surface area contributed by atoms with Crippen LogP contribution in [0, 0.1) is 5.92 Å². The number of aliphatic hydroxyl groups excluding tert-OH is 2. The predicted octanol–water partition coefficient (Wildman–Crippen LogP) is -0.398. The third-order valence-corrected chi connectivity index (χ3v) is 3.31. The summed E-state index contributed by atoms with van der Waals surface area (Å²) in [6, 6.07) is 0. The lowest BCUT2D eigenvalue weighted by Gasteiger charge is -2.20. The SMILES string of the molecule is CC(C)C(=O)Nc1nc2c(ncn2[C@@H](CO)O[C@H](C)CO)c(=O)[nH]1. The Labute approximate surface area is 137 Å². The van der Waals surface area contributed by atoms with E-state index in [-0.39, 0.29) is 35.5 Å². The van der Waals surface area contributed by atoms with Crippen LogP contribution in [0.1, 0.15) is 27.0 Å². The minimum absolute atomic E-state index is 0.0140. The summed E-state index contributed by atoms with van der Waals surface area (Å²) in [5, 5.41) is 21.1. The number of hydrogen-bond acceptors (Lipinski definition) is 7. The van der Waals surface area contributed by atoms with Gasteiger partial charge in [0.25, 0.3) is 5.56 Å². The molecule has 0 spiro atoms. The van der Waals surface area contributed by atoms with Crippen LogP contribution < -0.4 is 10.9 Å². The zero-order valence-electron chi connectivity index (χ0n) is 13.7. The molecule has 24 heavy (non-hydrogen) atoms. The number of nitrogens with one attached hydrogen (secondary N) is 2. The summed E-state index contributed by atoms with van der Waals surface area (Å²) in [6.07, 6.45) is -0.0897. The molecule has 0 aromatic carbocycles. The molecule has 1 amide bonds. The van der Waals surface area contributed by atoms with Crippen LogP contribution in [-0.2, 0) is 9.53 Å². The molecule has 0 saturated carbocycles. The number of nitrogens with zero attached hydrogens (tertiary/aromatic N) is 3. The van der Waals surface area contributed by atoms with Gasteiger partial charge in [-0.2, -0.15) is 4.98 Å². The topological polar surface area (TPSA) is 142 Å². The summed E-state index contributed by atoms with van der Waals surface area (Å²) in [5.41, 5.74) is -0.317. The van der Waals surface area contributed by atoms with Crippen LogP contribution in [0.3, 0.4) is 0 Å². The van der Waals surface area contributed by atoms with Crippen LogP contribution in [0.5, 0.6) is 0 Å². The van der Waals surface area contributed by atoms with Gasteiger partial charge in [0.15, 0.2) is 17.4 Å². The van der Waals surface area contributed by atoms with Crippen molar-refractivity contribution in [1.29, 1.82) is 0 Å². The molecule has 0 saturated heterocycles. The van der Waals surface area contributed by atoms with Crippen LogP contribution >= 0.6 is 0 Å². The molecule has 0 bridgehead atoms. The van der Waals surface area contributed by atoms with Gasteiger partial charge >= 0.3 is 0 Å². The smallest absolute Gasteiger partial charge is 0.280 e. The molecule has 0 unspecified atom stereocenters. The largest absolute Gasteiger partial charge is 0.394 e. The first-order chi connectivity index (χ1) is 11.4. The zero-order valence-corrected chi connectivity index (χ0v) is 13.7. The van der Waals surface area contributed by atoms with Gasteiger partial charge in [0.1, 0.15) is 0 Å². The van der Waals surface area contributed by atoms with Gasteiger partial charge in [-0.3, -0.25) is 24.5 Å². The van der Waals surface area contributed by atoms with Gasteiger partial charge in [-0.15, -0.1) is 0 Å². The van der Waals surface area contributed by atoms with E-state index in [0.717, 1.165) is 0 Å². The van der Waals surface area contributed by atoms with Gasteiger partial charge in [-0.1, -0.05) is 13.8 Å². The van der Waals surface area contributed by atoms with Crippen molar-refractivity contribution in [3.8, 4) is 0 Å². The van der Waals surface area contributed by atoms with E-state index in [1.807, 2.05) is 0 Å². The van der Waals surface area contributed by atoms with Crippen molar-refractivity contribution in [3.05, 3.63) is 16.7 Å². The molecule has 10 heteroatoms. The highest BCUT2D eigenvalue weighted by Gasteiger charge is 2.20. The predicted molar refractivity (Wildman–Crippen MR) is 85.4 cm³/mol. The number of aromatic nitrogens is 4. The standard InChI is InChI=1S/C14H21N5O5/c1-7(2)12(22)17-14-16-11-10(13(23)18-14)15-6-19(11)9(5-21)24-8(3)4-20/h6-9,20-21H,4-5H2,1-3H3,(H2,16,17,18,22,23)/t8-,9-/m1/s1. The fraction of sp³-hybridized carbons (Fsp3) is 0.571. The lowest BCUT2D eigenvalue weighted by molar-refractivity contribution is -0.118. The quantitative estimate of drug-likeness (QED) is 0.537. The van der Waals surface area contributed by atoms with Crippen molar-refractivity contribution in [2.24, 2.45) is 5.92 Å². The molecule has 2 aromatic heterocycles. The van der Waals surface area contributed by atoms with E-state index in [1.165, 1.54) is 10.9 Å². The minimum Gasteiger partial charge on any atom is -0.394 e. The maximum absolute atomic E-state index is 12.1. The van der Waals surface area contributed by atoms with E-state index in [1.54, 1.807) is 20.8 Å². The van der Waals surface area contributed by atoms with E-state index in [9.17, 15) is 14.7 Å². The maximum Gasteiger partial charge on any atom is 0.280 e. The molecular weight excluding hydrogens is 318 g/mol. The number of H-pyrrole nitrogens is 1. The number of ether oxygens (including phenoxy) is 1. The van der Waals surface area contributed by atoms with Crippen LogP contribution in [0.15, 0.2) is 11.1 Å². The molecule has 0 aliphatic carbocycles. The fourth-order valence-corrected chi connectivity index (χ4v) is 1.96. The first-order valence-corrected chi connectivity index (χ1v) is 7.52. The van der Waals surface area contributed by atoms with Crippen molar-refractivity contribution in [2.75, 3.05) is 18.5 Å². The number of carbonyl (C=O) groups is 1. The molecule has 0 fully saturated rings. The summed E-state index contributed by atoms with van der Waals surface area (Å²) in [5.74, 6) is -0.595. The first-order valence-electron chi connectivity index (χ1n) is 7.52. The molecule has 132 valence electrons. The second kappa shape index (κ2) is 7.51. The summed E-state index contributed by atoms with van der Waals surface area (Å²) in [4.78, 5) is 34.4. The molecule has 2 atom stereocenters. The van der Waals surface area contributed by atoms with E-state index < -0.39 is 24.5 Å². The van der Waals surface area contributed by atoms with Crippen LogP contribution in [0.4, 0.5) is 5.95 Å². The van der Waals surface area contributed by atoms with Crippen molar-refractivity contribution in [1.82, 2.24) is 19.5 Å². The van der Waals surface area contributed by atoms with Gasteiger partial charge in [0.2, 0.25) is 11.9 Å². The van der Waals surface area contributed by atoms with Gasteiger partial charge in [0.05, 0.1) is 25.6 Å². The minimum atomic E-state index is -0.875. The molecule has 0 aliphatic rings. The van der Waals surface area contributed by atoms with E-state index in [4.69, 9.17) is 9.84 Å². The lowest BCUT2D eigenvalue weighted by Crippen LogP contribution is -2.25. The number of carbonyl (C=O) groups excluding carboxylic acids is 1. The van der Waals surface area contributed by atoms with Gasteiger partial charge in [0, 0.05) is 5.92 Å². The van der Waals surface area contributed by atoms with E-state index >= 15 is 0 Å². The number of amides is 1. The van der Waals surface area contributed by atoms with Gasteiger partial charge in [-0.05, 0) is 6.92 Å². The lowest BCUT2D eigenvalue weighted by atomic mass is 10.2. The van der Waals surface area contributed by atoms with Crippen molar-refractivity contribution in [2.45, 2.75) is 33.1 Å².